The summed E-state index contributed by atoms with van der Waals surface area (Å²) in [5.41, 5.74) is -0.223. The fourth-order valence-corrected chi connectivity index (χ4v) is 1.27. The van der Waals surface area contributed by atoms with Gasteiger partial charge in [-0.05, 0) is 34.1 Å². The van der Waals surface area contributed by atoms with E-state index in [4.69, 9.17) is 0 Å². The van der Waals surface area contributed by atoms with E-state index in [2.05, 4.69) is 22.9 Å². The molecule has 0 saturated carbocycles. The quantitative estimate of drug-likeness (QED) is 0.631. The van der Waals surface area contributed by atoms with Gasteiger partial charge in [0.1, 0.15) is 0 Å². The van der Waals surface area contributed by atoms with Gasteiger partial charge in [-0.3, -0.25) is 9.59 Å². The second-order valence-electron chi connectivity index (χ2n) is 5.59. The Hall–Kier alpha value is -1.10. The van der Waals surface area contributed by atoms with Crippen LogP contribution in [0.25, 0.3) is 0 Å². The largest absolute Gasteiger partial charge is 0.354 e. The standard InChI is InChI=1S/C13H27N3O2/c1-6-10(2)15-9-12(18)14-8-7-11(17)16-13(3,4)5/h10,15H,6-9H2,1-5H3,(H,14,18)(H,16,17). The summed E-state index contributed by atoms with van der Waals surface area (Å²) in [7, 11) is 0. The van der Waals surface area contributed by atoms with Crippen LogP contribution in [0.1, 0.15) is 47.5 Å². The zero-order valence-electron chi connectivity index (χ0n) is 12.2. The Morgan fingerprint density at radius 2 is 1.78 bits per heavy atom. The first-order valence-corrected chi connectivity index (χ1v) is 6.55. The maximum Gasteiger partial charge on any atom is 0.233 e. The van der Waals surface area contributed by atoms with Gasteiger partial charge in [-0.1, -0.05) is 6.92 Å². The highest BCUT2D eigenvalue weighted by Gasteiger charge is 2.13. The van der Waals surface area contributed by atoms with Crippen molar-refractivity contribution in [3.8, 4) is 0 Å². The van der Waals surface area contributed by atoms with E-state index < -0.39 is 0 Å². The highest BCUT2D eigenvalue weighted by Crippen LogP contribution is 1.98. The van der Waals surface area contributed by atoms with Gasteiger partial charge in [0.2, 0.25) is 11.8 Å². The molecule has 0 aliphatic heterocycles. The highest BCUT2D eigenvalue weighted by molar-refractivity contribution is 5.80. The summed E-state index contributed by atoms with van der Waals surface area (Å²) in [6.45, 7) is 10.6. The molecule has 5 nitrogen and oxygen atoms in total. The second-order valence-corrected chi connectivity index (χ2v) is 5.59. The summed E-state index contributed by atoms with van der Waals surface area (Å²) in [6, 6.07) is 0.333. The average Bonchev–Trinajstić information content (AvgIpc) is 2.23. The van der Waals surface area contributed by atoms with E-state index in [1.807, 2.05) is 27.7 Å². The molecule has 3 N–H and O–H groups in total. The van der Waals surface area contributed by atoms with Crippen LogP contribution in [0.5, 0.6) is 0 Å². The summed E-state index contributed by atoms with van der Waals surface area (Å²) in [4.78, 5) is 22.9. The van der Waals surface area contributed by atoms with Crippen molar-refractivity contribution in [2.75, 3.05) is 13.1 Å². The van der Waals surface area contributed by atoms with Crippen molar-refractivity contribution >= 4 is 11.8 Å². The predicted octanol–water partition coefficient (Wildman–Crippen LogP) is 0.796. The Bertz CT molecular complexity index is 272. The molecule has 0 aromatic carbocycles. The predicted molar refractivity (Wildman–Crippen MR) is 73.3 cm³/mol. The minimum Gasteiger partial charge on any atom is -0.354 e. The van der Waals surface area contributed by atoms with Crippen molar-refractivity contribution in [3.05, 3.63) is 0 Å². The van der Waals surface area contributed by atoms with Gasteiger partial charge in [0, 0.05) is 24.5 Å². The molecule has 0 aromatic heterocycles. The van der Waals surface area contributed by atoms with Crippen molar-refractivity contribution in [1.29, 1.82) is 0 Å². The first-order valence-electron chi connectivity index (χ1n) is 6.55. The van der Waals surface area contributed by atoms with E-state index in [1.165, 1.54) is 0 Å². The number of amides is 2. The van der Waals surface area contributed by atoms with Gasteiger partial charge in [-0.25, -0.2) is 0 Å². The van der Waals surface area contributed by atoms with Crippen molar-refractivity contribution in [1.82, 2.24) is 16.0 Å². The van der Waals surface area contributed by atoms with E-state index in [-0.39, 0.29) is 17.4 Å². The molecule has 1 atom stereocenters. The number of nitrogens with one attached hydrogen (secondary N) is 3. The van der Waals surface area contributed by atoms with Crippen LogP contribution in [-0.2, 0) is 9.59 Å². The molecule has 0 radical (unpaired) electrons. The third-order valence-corrected chi connectivity index (χ3v) is 2.41. The average molecular weight is 257 g/mol. The third-order valence-electron chi connectivity index (χ3n) is 2.41. The van der Waals surface area contributed by atoms with Gasteiger partial charge < -0.3 is 16.0 Å². The number of carbonyl (C=O) groups is 2. The normalized spacial score (nSPS) is 12.9. The minimum atomic E-state index is -0.223. The number of hydrogen-bond acceptors (Lipinski definition) is 3. The van der Waals surface area contributed by atoms with Crippen LogP contribution in [0.3, 0.4) is 0 Å². The number of hydrogen-bond donors (Lipinski definition) is 3. The third kappa shape index (κ3) is 10.1. The summed E-state index contributed by atoms with van der Waals surface area (Å²) in [5, 5.41) is 8.66. The van der Waals surface area contributed by atoms with E-state index in [0.29, 0.717) is 25.6 Å². The molecule has 0 aliphatic carbocycles. The Kier molecular flexibility index (Phi) is 7.59. The van der Waals surface area contributed by atoms with Crippen LogP contribution in [-0.4, -0.2) is 36.5 Å². The zero-order valence-corrected chi connectivity index (χ0v) is 12.2. The van der Waals surface area contributed by atoms with Crippen molar-refractivity contribution in [2.24, 2.45) is 0 Å². The summed E-state index contributed by atoms with van der Waals surface area (Å²) in [6.07, 6.45) is 1.30. The Morgan fingerprint density at radius 1 is 1.17 bits per heavy atom. The smallest absolute Gasteiger partial charge is 0.233 e. The molecule has 2 amide bonds. The van der Waals surface area contributed by atoms with Crippen molar-refractivity contribution in [3.63, 3.8) is 0 Å². The maximum absolute atomic E-state index is 11.5. The molecule has 0 aliphatic rings. The molecule has 0 rings (SSSR count). The molecule has 0 aromatic rings. The van der Waals surface area contributed by atoms with Crippen LogP contribution < -0.4 is 16.0 Å². The van der Waals surface area contributed by atoms with E-state index in [1.54, 1.807) is 0 Å². The van der Waals surface area contributed by atoms with Crippen molar-refractivity contribution < 1.29 is 9.59 Å². The van der Waals surface area contributed by atoms with Crippen molar-refractivity contribution in [2.45, 2.75) is 59.0 Å². The topological polar surface area (TPSA) is 70.2 Å². The molecule has 5 heteroatoms. The monoisotopic (exact) mass is 257 g/mol. The number of carbonyl (C=O) groups excluding carboxylic acids is 2. The molecule has 1 unspecified atom stereocenters. The van der Waals surface area contributed by atoms with Crippen LogP contribution >= 0.6 is 0 Å². The molecule has 0 heterocycles. The Morgan fingerprint density at radius 3 is 2.28 bits per heavy atom. The molecule has 18 heavy (non-hydrogen) atoms. The SMILES string of the molecule is CCC(C)NCC(=O)NCCC(=O)NC(C)(C)C. The van der Waals surface area contributed by atoms with E-state index >= 15 is 0 Å². The Balaban J connectivity index is 3.65. The fraction of sp³-hybridized carbons (Fsp3) is 0.846. The summed E-state index contributed by atoms with van der Waals surface area (Å²) in [5.74, 6) is -0.114. The fourth-order valence-electron chi connectivity index (χ4n) is 1.27. The minimum absolute atomic E-state index is 0.0438. The molecule has 106 valence electrons. The zero-order chi connectivity index (χ0) is 14.2. The molecular formula is C13H27N3O2. The lowest BCUT2D eigenvalue weighted by Gasteiger charge is -2.20. The van der Waals surface area contributed by atoms with Gasteiger partial charge in [0.25, 0.3) is 0 Å². The number of rotatable bonds is 7. The lowest BCUT2D eigenvalue weighted by Crippen LogP contribution is -2.43. The molecule has 0 saturated heterocycles. The van der Waals surface area contributed by atoms with Gasteiger partial charge in [-0.2, -0.15) is 0 Å². The summed E-state index contributed by atoms with van der Waals surface area (Å²) >= 11 is 0. The summed E-state index contributed by atoms with van der Waals surface area (Å²) < 4.78 is 0. The van der Waals surface area contributed by atoms with Crippen LogP contribution in [0.4, 0.5) is 0 Å². The van der Waals surface area contributed by atoms with Crippen LogP contribution in [0.2, 0.25) is 0 Å². The molecular weight excluding hydrogens is 230 g/mol. The van der Waals surface area contributed by atoms with Gasteiger partial charge >= 0.3 is 0 Å². The second kappa shape index (κ2) is 8.08. The van der Waals surface area contributed by atoms with E-state index in [9.17, 15) is 9.59 Å². The lowest BCUT2D eigenvalue weighted by atomic mass is 10.1. The van der Waals surface area contributed by atoms with Gasteiger partial charge in [0.05, 0.1) is 6.54 Å². The first kappa shape index (κ1) is 16.9. The molecule has 0 bridgehead atoms. The van der Waals surface area contributed by atoms with Crippen LogP contribution in [0, 0.1) is 0 Å². The lowest BCUT2D eigenvalue weighted by molar-refractivity contribution is -0.123. The van der Waals surface area contributed by atoms with Crippen LogP contribution in [0.15, 0.2) is 0 Å². The first-order chi connectivity index (χ1) is 8.24. The molecule has 0 spiro atoms. The maximum atomic E-state index is 11.5. The van der Waals surface area contributed by atoms with Gasteiger partial charge in [-0.15, -0.1) is 0 Å². The Labute approximate surface area is 110 Å². The van der Waals surface area contributed by atoms with E-state index in [0.717, 1.165) is 6.42 Å². The highest BCUT2D eigenvalue weighted by atomic mass is 16.2. The molecule has 0 fully saturated rings. The van der Waals surface area contributed by atoms with Gasteiger partial charge in [0.15, 0.2) is 0 Å².